The first kappa shape index (κ1) is 20.3. The van der Waals surface area contributed by atoms with Crippen LogP contribution in [0, 0.1) is 0 Å². The van der Waals surface area contributed by atoms with Gasteiger partial charge in [-0.1, -0.05) is 0 Å². The van der Waals surface area contributed by atoms with E-state index in [1.165, 1.54) is 24.3 Å². The highest BCUT2D eigenvalue weighted by atomic mass is 32.2. The van der Waals surface area contributed by atoms with Gasteiger partial charge in [0.25, 0.3) is 20.2 Å². The van der Waals surface area contributed by atoms with Crippen molar-refractivity contribution in [1.82, 2.24) is 9.97 Å². The Hall–Kier alpha value is -3.58. The third kappa shape index (κ3) is 3.08. The van der Waals surface area contributed by atoms with Crippen molar-refractivity contribution in [2.75, 3.05) is 0 Å². The lowest BCUT2D eigenvalue weighted by molar-refractivity contribution is 0.481. The van der Waals surface area contributed by atoms with Gasteiger partial charge in [0.15, 0.2) is 10.9 Å². The van der Waals surface area contributed by atoms with Gasteiger partial charge < -0.3 is 9.97 Å². The number of aromatic amines is 2. The van der Waals surface area contributed by atoms with Crippen molar-refractivity contribution in [2.45, 2.75) is 9.79 Å². The maximum absolute atomic E-state index is 13.0. The highest BCUT2D eigenvalue weighted by Gasteiger charge is 2.16. The predicted molar refractivity (Wildman–Crippen MR) is 117 cm³/mol. The van der Waals surface area contributed by atoms with E-state index in [0.29, 0.717) is 22.1 Å². The van der Waals surface area contributed by atoms with E-state index in [2.05, 4.69) is 9.97 Å². The second kappa shape index (κ2) is 6.46. The molecule has 0 fully saturated rings. The Bertz CT molecular complexity index is 1830. The molecule has 2 aromatic heterocycles. The SMILES string of the molecule is O=c1c2cc(S(=O)(=O)O)ccc2[nH]c2cc3c(=O)c4cc(S(=O)(=O)O)ccc4[nH]c3cc12. The van der Waals surface area contributed by atoms with E-state index < -0.39 is 40.9 Å². The first-order valence-electron chi connectivity index (χ1n) is 8.98. The summed E-state index contributed by atoms with van der Waals surface area (Å²) < 4.78 is 64.2. The minimum absolute atomic E-state index is 0.0351. The molecule has 0 unspecified atom stereocenters. The molecule has 4 N–H and O–H groups in total. The Labute approximate surface area is 178 Å². The molecule has 0 bridgehead atoms. The minimum atomic E-state index is -4.50. The quantitative estimate of drug-likeness (QED) is 0.223. The summed E-state index contributed by atoms with van der Waals surface area (Å²) in [5.74, 6) is 0. The summed E-state index contributed by atoms with van der Waals surface area (Å²) in [6.45, 7) is 0. The van der Waals surface area contributed by atoms with Gasteiger partial charge in [0.2, 0.25) is 0 Å². The normalized spacial score (nSPS) is 12.8. The van der Waals surface area contributed by atoms with E-state index in [9.17, 15) is 35.5 Å². The first-order valence-corrected chi connectivity index (χ1v) is 11.9. The Kier molecular flexibility index (Phi) is 4.11. The average molecular weight is 472 g/mol. The van der Waals surface area contributed by atoms with Crippen LogP contribution in [0.15, 0.2) is 67.9 Å². The van der Waals surface area contributed by atoms with Crippen LogP contribution in [0.3, 0.4) is 0 Å². The number of benzene rings is 3. The monoisotopic (exact) mass is 472 g/mol. The maximum Gasteiger partial charge on any atom is 0.294 e. The lowest BCUT2D eigenvalue weighted by atomic mass is 10.1. The number of pyridine rings is 2. The molecule has 5 aromatic rings. The van der Waals surface area contributed by atoms with Crippen molar-refractivity contribution in [1.29, 1.82) is 0 Å². The zero-order valence-electron chi connectivity index (χ0n) is 15.8. The second-order valence-electron chi connectivity index (χ2n) is 7.22. The fraction of sp³-hybridized carbons (Fsp3) is 0. The zero-order valence-corrected chi connectivity index (χ0v) is 17.4. The van der Waals surface area contributed by atoms with E-state index >= 15 is 0 Å². The van der Waals surface area contributed by atoms with Crippen molar-refractivity contribution in [3.63, 3.8) is 0 Å². The van der Waals surface area contributed by atoms with Crippen molar-refractivity contribution < 1.29 is 25.9 Å². The van der Waals surface area contributed by atoms with Crippen LogP contribution < -0.4 is 10.9 Å². The van der Waals surface area contributed by atoms with E-state index in [1.54, 1.807) is 0 Å². The van der Waals surface area contributed by atoms with Crippen LogP contribution in [0.25, 0.3) is 43.6 Å². The standard InChI is InChI=1S/C20H12N2O8S2/c23-19-11-5-9(31(25,26)27)1-3-15(11)21-17-7-14-18(8-13(17)19)22-16-4-2-10(32(28,29)30)6-12(16)20(14)24/h1-8H,(H,21,23)(H,22,24)(H,25,26,27)(H,28,29,30). The van der Waals surface area contributed by atoms with Gasteiger partial charge in [-0.15, -0.1) is 0 Å². The number of hydrogen-bond acceptors (Lipinski definition) is 6. The van der Waals surface area contributed by atoms with Crippen LogP contribution in [0.2, 0.25) is 0 Å². The van der Waals surface area contributed by atoms with E-state index in [-0.39, 0.29) is 21.5 Å². The van der Waals surface area contributed by atoms with E-state index in [1.807, 2.05) is 0 Å². The summed E-state index contributed by atoms with van der Waals surface area (Å²) in [4.78, 5) is 31.1. The van der Waals surface area contributed by atoms with Crippen LogP contribution in [-0.2, 0) is 20.2 Å². The molecule has 0 radical (unpaired) electrons. The number of hydrogen-bond donors (Lipinski definition) is 4. The van der Waals surface area contributed by atoms with E-state index in [4.69, 9.17) is 0 Å². The first-order chi connectivity index (χ1) is 14.9. The molecule has 0 aliphatic carbocycles. The van der Waals surface area contributed by atoms with Crippen LogP contribution in [-0.4, -0.2) is 35.9 Å². The fourth-order valence-electron chi connectivity index (χ4n) is 3.72. The highest BCUT2D eigenvalue weighted by Crippen LogP contribution is 2.24. The molecule has 0 saturated carbocycles. The average Bonchev–Trinajstić information content (AvgIpc) is 2.71. The Morgan fingerprint density at radius 2 is 0.875 bits per heavy atom. The molecule has 12 heteroatoms. The molecule has 0 aliphatic rings. The summed E-state index contributed by atoms with van der Waals surface area (Å²) in [6.07, 6.45) is 0. The number of fused-ring (bicyclic) bond motifs is 4. The molecular formula is C20H12N2O8S2. The number of nitrogens with one attached hydrogen (secondary N) is 2. The molecular weight excluding hydrogens is 460 g/mol. The minimum Gasteiger partial charge on any atom is -0.354 e. The highest BCUT2D eigenvalue weighted by molar-refractivity contribution is 7.86. The largest absolute Gasteiger partial charge is 0.354 e. The third-order valence-corrected chi connectivity index (χ3v) is 6.95. The maximum atomic E-state index is 13.0. The van der Waals surface area contributed by atoms with Gasteiger partial charge in [-0.05, 0) is 48.5 Å². The van der Waals surface area contributed by atoms with Gasteiger partial charge in [0.1, 0.15) is 0 Å². The number of H-pyrrole nitrogens is 2. The molecule has 32 heavy (non-hydrogen) atoms. The van der Waals surface area contributed by atoms with Crippen molar-refractivity contribution in [3.8, 4) is 0 Å². The molecule has 0 aliphatic heterocycles. The number of rotatable bonds is 2. The Balaban J connectivity index is 1.89. The van der Waals surface area contributed by atoms with Crippen molar-refractivity contribution in [3.05, 3.63) is 69.0 Å². The van der Waals surface area contributed by atoms with Gasteiger partial charge >= 0.3 is 0 Å². The summed E-state index contributed by atoms with van der Waals surface area (Å²) >= 11 is 0. The Morgan fingerprint density at radius 3 is 1.22 bits per heavy atom. The second-order valence-corrected chi connectivity index (χ2v) is 10.1. The summed E-state index contributed by atoms with van der Waals surface area (Å²) in [6, 6.07) is 9.91. The Morgan fingerprint density at radius 1 is 0.531 bits per heavy atom. The van der Waals surface area contributed by atoms with Crippen LogP contribution in [0.5, 0.6) is 0 Å². The predicted octanol–water partition coefficient (Wildman–Crippen LogP) is 2.17. The van der Waals surface area contributed by atoms with E-state index in [0.717, 1.165) is 24.3 Å². The van der Waals surface area contributed by atoms with Crippen LogP contribution in [0.4, 0.5) is 0 Å². The third-order valence-electron chi connectivity index (χ3n) is 5.25. The molecule has 0 saturated heterocycles. The summed E-state index contributed by atoms with van der Waals surface area (Å²) in [7, 11) is -9.01. The van der Waals surface area contributed by atoms with Gasteiger partial charge in [0.05, 0.1) is 20.8 Å². The zero-order chi connectivity index (χ0) is 23.0. The topological polar surface area (TPSA) is 174 Å². The van der Waals surface area contributed by atoms with Gasteiger partial charge in [-0.2, -0.15) is 16.8 Å². The van der Waals surface area contributed by atoms with Gasteiger partial charge in [-0.25, -0.2) is 0 Å². The lowest BCUT2D eigenvalue weighted by Gasteiger charge is -2.08. The van der Waals surface area contributed by atoms with Crippen LogP contribution in [0.1, 0.15) is 0 Å². The molecule has 10 nitrogen and oxygen atoms in total. The molecule has 162 valence electrons. The molecule has 0 spiro atoms. The molecule has 0 amide bonds. The smallest absolute Gasteiger partial charge is 0.294 e. The van der Waals surface area contributed by atoms with Gasteiger partial charge in [-0.3, -0.25) is 18.7 Å². The molecule has 2 heterocycles. The lowest BCUT2D eigenvalue weighted by Crippen LogP contribution is -2.09. The fourth-order valence-corrected chi connectivity index (χ4v) is 4.74. The van der Waals surface area contributed by atoms with Crippen molar-refractivity contribution >= 4 is 63.8 Å². The van der Waals surface area contributed by atoms with Crippen molar-refractivity contribution in [2.24, 2.45) is 0 Å². The molecule has 5 rings (SSSR count). The van der Waals surface area contributed by atoms with Gasteiger partial charge in [0, 0.05) is 32.6 Å². The molecule has 3 aromatic carbocycles. The molecule has 0 atom stereocenters. The number of aromatic nitrogens is 2. The van der Waals surface area contributed by atoms with Crippen LogP contribution >= 0.6 is 0 Å². The summed E-state index contributed by atoms with van der Waals surface area (Å²) in [5.41, 5.74) is 0.156. The summed E-state index contributed by atoms with van der Waals surface area (Å²) in [5, 5.41) is 0.407.